The Kier molecular flexibility index (Phi) is 5.90. The molecule has 1 fully saturated rings. The molecular weight excluding hydrogens is 250 g/mol. The first-order chi connectivity index (χ1) is 9.24. The molecule has 1 aliphatic carbocycles. The van der Waals surface area contributed by atoms with Gasteiger partial charge in [-0.1, -0.05) is 33.1 Å². The van der Waals surface area contributed by atoms with Gasteiger partial charge in [0, 0.05) is 9.75 Å². The Hall–Kier alpha value is -0.340. The fourth-order valence-electron chi connectivity index (χ4n) is 3.57. The molecule has 1 N–H and O–H groups in total. The number of hydrogen-bond donors (Lipinski definition) is 1. The third-order valence-corrected chi connectivity index (χ3v) is 5.71. The fraction of sp³-hybridized carbons (Fsp3) is 0.765. The summed E-state index contributed by atoms with van der Waals surface area (Å²) in [5.74, 6) is 2.63. The zero-order valence-corrected chi connectivity index (χ0v) is 13.6. The van der Waals surface area contributed by atoms with Crippen molar-refractivity contribution in [2.45, 2.75) is 58.8 Å². The van der Waals surface area contributed by atoms with Crippen LogP contribution in [0, 0.1) is 18.8 Å². The quantitative estimate of drug-likeness (QED) is 0.775. The molecule has 0 radical (unpaired) electrons. The van der Waals surface area contributed by atoms with Crippen LogP contribution in [-0.2, 0) is 0 Å². The first-order valence-corrected chi connectivity index (χ1v) is 8.83. The normalized spacial score (nSPS) is 27.6. The summed E-state index contributed by atoms with van der Waals surface area (Å²) in [6.07, 6.45) is 7.06. The Bertz CT molecular complexity index is 371. The number of nitrogens with one attached hydrogen (secondary N) is 1. The molecule has 1 nitrogen and oxygen atoms in total. The number of aryl methyl sites for hydroxylation is 1. The van der Waals surface area contributed by atoms with Gasteiger partial charge in [0.1, 0.15) is 0 Å². The highest BCUT2D eigenvalue weighted by Crippen LogP contribution is 2.43. The lowest BCUT2D eigenvalue weighted by atomic mass is 9.72. The lowest BCUT2D eigenvalue weighted by Gasteiger charge is -2.36. The molecule has 0 amide bonds. The van der Waals surface area contributed by atoms with Gasteiger partial charge in [-0.2, -0.15) is 0 Å². The van der Waals surface area contributed by atoms with Crippen molar-refractivity contribution in [3.05, 3.63) is 21.9 Å². The molecule has 1 aromatic heterocycles. The Balaban J connectivity index is 2.06. The first-order valence-electron chi connectivity index (χ1n) is 8.01. The minimum absolute atomic E-state index is 0.808. The van der Waals surface area contributed by atoms with E-state index in [0.29, 0.717) is 0 Å². The second kappa shape index (κ2) is 7.44. The van der Waals surface area contributed by atoms with Crippen LogP contribution in [0.25, 0.3) is 0 Å². The van der Waals surface area contributed by atoms with E-state index in [1.807, 2.05) is 11.3 Å². The van der Waals surface area contributed by atoms with Gasteiger partial charge in [-0.15, -0.1) is 11.3 Å². The van der Waals surface area contributed by atoms with Crippen LogP contribution < -0.4 is 5.32 Å². The predicted octanol–water partition coefficient (Wildman–Crippen LogP) is 4.97. The van der Waals surface area contributed by atoms with E-state index < -0.39 is 0 Å². The number of hydrogen-bond acceptors (Lipinski definition) is 2. The second-order valence-corrected chi connectivity index (χ2v) is 7.41. The number of thiophene rings is 1. The number of rotatable bonds is 6. The molecule has 3 atom stereocenters. The zero-order valence-electron chi connectivity index (χ0n) is 12.7. The zero-order chi connectivity index (χ0) is 13.7. The maximum Gasteiger partial charge on any atom is 0.00823 e. The summed E-state index contributed by atoms with van der Waals surface area (Å²) >= 11 is 2.02. The van der Waals surface area contributed by atoms with Crippen molar-refractivity contribution in [2.75, 3.05) is 13.1 Å². The van der Waals surface area contributed by atoms with Crippen molar-refractivity contribution in [1.29, 1.82) is 0 Å². The van der Waals surface area contributed by atoms with Crippen LogP contribution in [0.5, 0.6) is 0 Å². The van der Waals surface area contributed by atoms with Crippen molar-refractivity contribution >= 4 is 11.3 Å². The summed E-state index contributed by atoms with van der Waals surface area (Å²) in [6.45, 7) is 9.09. The Labute approximate surface area is 122 Å². The molecular formula is C17H29NS. The van der Waals surface area contributed by atoms with Crippen LogP contribution in [0.1, 0.15) is 61.6 Å². The maximum atomic E-state index is 3.58. The summed E-state index contributed by atoms with van der Waals surface area (Å²) < 4.78 is 0. The van der Waals surface area contributed by atoms with E-state index in [-0.39, 0.29) is 0 Å². The molecule has 1 saturated carbocycles. The van der Waals surface area contributed by atoms with E-state index in [1.165, 1.54) is 43.5 Å². The van der Waals surface area contributed by atoms with Gasteiger partial charge in [-0.3, -0.25) is 0 Å². The second-order valence-electron chi connectivity index (χ2n) is 6.09. The molecule has 3 unspecified atom stereocenters. The van der Waals surface area contributed by atoms with Crippen molar-refractivity contribution in [2.24, 2.45) is 11.8 Å². The van der Waals surface area contributed by atoms with Crippen molar-refractivity contribution in [1.82, 2.24) is 5.32 Å². The maximum absolute atomic E-state index is 3.58. The van der Waals surface area contributed by atoms with Gasteiger partial charge < -0.3 is 5.32 Å². The van der Waals surface area contributed by atoms with Crippen LogP contribution in [0.3, 0.4) is 0 Å². The predicted molar refractivity (Wildman–Crippen MR) is 86.1 cm³/mol. The molecule has 0 aliphatic heterocycles. The average Bonchev–Trinajstić information content (AvgIpc) is 2.84. The molecule has 0 saturated heterocycles. The van der Waals surface area contributed by atoms with Gasteiger partial charge in [0.2, 0.25) is 0 Å². The van der Waals surface area contributed by atoms with Gasteiger partial charge in [0.25, 0.3) is 0 Å². The first kappa shape index (κ1) is 15.1. The van der Waals surface area contributed by atoms with Crippen LogP contribution in [-0.4, -0.2) is 13.1 Å². The van der Waals surface area contributed by atoms with Gasteiger partial charge >= 0.3 is 0 Å². The van der Waals surface area contributed by atoms with Crippen molar-refractivity contribution in [3.63, 3.8) is 0 Å². The molecule has 1 aliphatic rings. The molecule has 1 heterocycles. The summed E-state index contributed by atoms with van der Waals surface area (Å²) in [7, 11) is 0. The van der Waals surface area contributed by atoms with Gasteiger partial charge in [-0.05, 0) is 62.7 Å². The smallest absolute Gasteiger partial charge is 0.00823 e. The Morgan fingerprint density at radius 1 is 1.26 bits per heavy atom. The summed E-state index contributed by atoms with van der Waals surface area (Å²) in [5.41, 5.74) is 0. The van der Waals surface area contributed by atoms with E-state index in [2.05, 4.69) is 38.2 Å². The minimum atomic E-state index is 0.808. The third kappa shape index (κ3) is 4.06. The van der Waals surface area contributed by atoms with E-state index in [0.717, 1.165) is 24.3 Å². The molecule has 2 heteroatoms. The van der Waals surface area contributed by atoms with Gasteiger partial charge in [0.15, 0.2) is 0 Å². The van der Waals surface area contributed by atoms with Crippen LogP contribution in [0.2, 0.25) is 0 Å². The molecule has 19 heavy (non-hydrogen) atoms. The summed E-state index contributed by atoms with van der Waals surface area (Å²) in [4.78, 5) is 3.11. The highest BCUT2D eigenvalue weighted by Gasteiger charge is 2.31. The van der Waals surface area contributed by atoms with Crippen LogP contribution in [0.15, 0.2) is 12.1 Å². The third-order valence-electron chi connectivity index (χ3n) is 4.58. The van der Waals surface area contributed by atoms with E-state index in [4.69, 9.17) is 0 Å². The van der Waals surface area contributed by atoms with E-state index in [1.54, 1.807) is 4.88 Å². The summed E-state index contributed by atoms with van der Waals surface area (Å²) in [5, 5.41) is 3.58. The van der Waals surface area contributed by atoms with Gasteiger partial charge in [0.05, 0.1) is 0 Å². The van der Waals surface area contributed by atoms with Crippen molar-refractivity contribution in [3.8, 4) is 0 Å². The summed E-state index contributed by atoms with van der Waals surface area (Å²) in [6, 6.07) is 4.69. The molecule has 1 aromatic rings. The lowest BCUT2D eigenvalue weighted by Crippen LogP contribution is -2.31. The lowest BCUT2D eigenvalue weighted by molar-refractivity contribution is 0.223. The van der Waals surface area contributed by atoms with Crippen LogP contribution >= 0.6 is 11.3 Å². The molecule has 108 valence electrons. The van der Waals surface area contributed by atoms with Gasteiger partial charge in [-0.25, -0.2) is 0 Å². The molecule has 0 bridgehead atoms. The Morgan fingerprint density at radius 2 is 2.11 bits per heavy atom. The molecule has 0 spiro atoms. The SMILES string of the molecule is CCCC1CCC(CNCC)C(c2ccc(C)s2)C1. The molecule has 0 aromatic carbocycles. The van der Waals surface area contributed by atoms with Crippen LogP contribution in [0.4, 0.5) is 0 Å². The fourth-order valence-corrected chi connectivity index (χ4v) is 4.65. The monoisotopic (exact) mass is 279 g/mol. The largest absolute Gasteiger partial charge is 0.317 e. The topological polar surface area (TPSA) is 12.0 Å². The molecule has 2 rings (SSSR count). The van der Waals surface area contributed by atoms with Crippen molar-refractivity contribution < 1.29 is 0 Å². The highest BCUT2D eigenvalue weighted by molar-refractivity contribution is 7.12. The standard InChI is InChI=1S/C17H29NS/c1-4-6-14-8-9-15(12-18-5-2)16(11-14)17-10-7-13(3)19-17/h7,10,14-16,18H,4-6,8-9,11-12H2,1-3H3. The minimum Gasteiger partial charge on any atom is -0.317 e. The highest BCUT2D eigenvalue weighted by atomic mass is 32.1. The van der Waals surface area contributed by atoms with E-state index >= 15 is 0 Å². The van der Waals surface area contributed by atoms with E-state index in [9.17, 15) is 0 Å². The average molecular weight is 279 g/mol. The Morgan fingerprint density at radius 3 is 2.74 bits per heavy atom.